The third-order valence-corrected chi connectivity index (χ3v) is 3.05. The molecule has 0 spiro atoms. The minimum atomic E-state index is -0.511. The van der Waals surface area contributed by atoms with Crippen LogP contribution in [0.1, 0.15) is 24.1 Å². The smallest absolute Gasteiger partial charge is 0.141 e. The van der Waals surface area contributed by atoms with Crippen LogP contribution in [-0.2, 0) is 0 Å². The van der Waals surface area contributed by atoms with Crippen LogP contribution in [0.2, 0.25) is 5.02 Å². The fourth-order valence-electron chi connectivity index (χ4n) is 1.81. The zero-order valence-corrected chi connectivity index (χ0v) is 11.1. The van der Waals surface area contributed by atoms with E-state index in [4.69, 9.17) is 16.9 Å². The Morgan fingerprint density at radius 3 is 2.74 bits per heavy atom. The van der Waals surface area contributed by atoms with Crippen LogP contribution in [0.3, 0.4) is 0 Å². The Kier molecular flexibility index (Phi) is 4.03. The van der Waals surface area contributed by atoms with E-state index in [2.05, 4.69) is 5.32 Å². The number of nitrogens with one attached hydrogen (secondary N) is 1. The Bertz CT molecular complexity index is 634. The van der Waals surface area contributed by atoms with Gasteiger partial charge >= 0.3 is 0 Å². The van der Waals surface area contributed by atoms with Crippen LogP contribution in [0.4, 0.5) is 10.1 Å². The van der Waals surface area contributed by atoms with Gasteiger partial charge in [-0.25, -0.2) is 4.39 Å². The Labute approximate surface area is 116 Å². The number of hydrogen-bond donors (Lipinski definition) is 1. The van der Waals surface area contributed by atoms with Crippen molar-refractivity contribution in [2.45, 2.75) is 13.0 Å². The van der Waals surface area contributed by atoms with Gasteiger partial charge in [0.2, 0.25) is 0 Å². The largest absolute Gasteiger partial charge is 0.378 e. The molecule has 2 nitrogen and oxygen atoms in total. The zero-order valence-electron chi connectivity index (χ0n) is 10.3. The van der Waals surface area contributed by atoms with Crippen LogP contribution in [0.15, 0.2) is 42.5 Å². The van der Waals surface area contributed by atoms with Gasteiger partial charge in [-0.1, -0.05) is 23.7 Å². The van der Waals surface area contributed by atoms with Gasteiger partial charge in [-0.05, 0) is 42.8 Å². The van der Waals surface area contributed by atoms with Crippen LogP contribution < -0.4 is 5.32 Å². The molecule has 2 aromatic rings. The first-order chi connectivity index (χ1) is 9.10. The SMILES string of the molecule is CC(Nc1ccc(F)c(C#N)c1)c1cccc(Cl)c1. The summed E-state index contributed by atoms with van der Waals surface area (Å²) in [6.45, 7) is 1.97. The van der Waals surface area contributed by atoms with E-state index in [1.807, 2.05) is 37.3 Å². The van der Waals surface area contributed by atoms with E-state index in [-0.39, 0.29) is 11.6 Å². The molecule has 0 saturated carbocycles. The normalized spacial score (nSPS) is 11.7. The predicted molar refractivity (Wildman–Crippen MR) is 74.6 cm³/mol. The molecule has 0 fully saturated rings. The molecule has 0 heterocycles. The second kappa shape index (κ2) is 5.73. The van der Waals surface area contributed by atoms with Crippen molar-refractivity contribution in [2.24, 2.45) is 0 Å². The fourth-order valence-corrected chi connectivity index (χ4v) is 2.01. The summed E-state index contributed by atoms with van der Waals surface area (Å²) in [4.78, 5) is 0. The molecule has 0 amide bonds. The molecule has 1 N–H and O–H groups in total. The van der Waals surface area contributed by atoms with E-state index < -0.39 is 5.82 Å². The van der Waals surface area contributed by atoms with Crippen molar-refractivity contribution < 1.29 is 4.39 Å². The highest BCUT2D eigenvalue weighted by atomic mass is 35.5. The van der Waals surface area contributed by atoms with Crippen LogP contribution >= 0.6 is 11.6 Å². The standard InChI is InChI=1S/C15H12ClFN2/c1-10(11-3-2-4-13(16)7-11)19-14-5-6-15(17)12(8-14)9-18/h2-8,10,19H,1H3. The molecular formula is C15H12ClFN2. The molecular weight excluding hydrogens is 263 g/mol. The van der Waals surface area contributed by atoms with Gasteiger partial charge < -0.3 is 5.32 Å². The highest BCUT2D eigenvalue weighted by molar-refractivity contribution is 6.30. The third-order valence-electron chi connectivity index (χ3n) is 2.82. The molecule has 1 atom stereocenters. The monoisotopic (exact) mass is 274 g/mol. The first kappa shape index (κ1) is 13.4. The molecule has 4 heteroatoms. The number of nitrogens with zero attached hydrogens (tertiary/aromatic N) is 1. The Hall–Kier alpha value is -2.05. The summed E-state index contributed by atoms with van der Waals surface area (Å²) in [5.41, 5.74) is 1.75. The maximum absolute atomic E-state index is 13.2. The number of anilines is 1. The molecule has 96 valence electrons. The van der Waals surface area contributed by atoms with E-state index >= 15 is 0 Å². The molecule has 2 rings (SSSR count). The molecule has 0 aliphatic rings. The molecule has 0 aliphatic carbocycles. The van der Waals surface area contributed by atoms with E-state index in [1.165, 1.54) is 12.1 Å². The topological polar surface area (TPSA) is 35.8 Å². The summed E-state index contributed by atoms with van der Waals surface area (Å²) in [6.07, 6.45) is 0. The average molecular weight is 275 g/mol. The molecule has 0 aliphatic heterocycles. The zero-order chi connectivity index (χ0) is 13.8. The first-order valence-electron chi connectivity index (χ1n) is 5.82. The minimum Gasteiger partial charge on any atom is -0.378 e. The van der Waals surface area contributed by atoms with Gasteiger partial charge in [0.05, 0.1) is 5.56 Å². The Morgan fingerprint density at radius 2 is 2.05 bits per heavy atom. The maximum Gasteiger partial charge on any atom is 0.141 e. The van der Waals surface area contributed by atoms with E-state index in [0.29, 0.717) is 10.7 Å². The second-order valence-corrected chi connectivity index (χ2v) is 4.66. The van der Waals surface area contributed by atoms with Crippen LogP contribution in [0, 0.1) is 17.1 Å². The Morgan fingerprint density at radius 1 is 1.26 bits per heavy atom. The van der Waals surface area contributed by atoms with E-state index in [0.717, 1.165) is 5.56 Å². The van der Waals surface area contributed by atoms with Crippen molar-refractivity contribution in [3.8, 4) is 6.07 Å². The van der Waals surface area contributed by atoms with Crippen LogP contribution in [-0.4, -0.2) is 0 Å². The van der Waals surface area contributed by atoms with Crippen LogP contribution in [0.25, 0.3) is 0 Å². The summed E-state index contributed by atoms with van der Waals surface area (Å²) in [6, 6.07) is 13.7. The second-order valence-electron chi connectivity index (χ2n) is 4.23. The number of hydrogen-bond acceptors (Lipinski definition) is 2. The van der Waals surface area contributed by atoms with Gasteiger partial charge in [-0.2, -0.15) is 5.26 Å². The number of nitriles is 1. The third kappa shape index (κ3) is 3.24. The number of benzene rings is 2. The highest BCUT2D eigenvalue weighted by Crippen LogP contribution is 2.23. The summed E-state index contributed by atoms with van der Waals surface area (Å²) in [5.74, 6) is -0.511. The highest BCUT2D eigenvalue weighted by Gasteiger charge is 2.08. The minimum absolute atomic E-state index is 0.00991. The van der Waals surface area contributed by atoms with Crippen LogP contribution in [0.5, 0.6) is 0 Å². The average Bonchev–Trinajstić information content (AvgIpc) is 2.41. The van der Waals surface area contributed by atoms with Gasteiger partial charge in [0, 0.05) is 16.8 Å². The van der Waals surface area contributed by atoms with Crippen molar-refractivity contribution in [2.75, 3.05) is 5.32 Å². The summed E-state index contributed by atoms with van der Waals surface area (Å²) in [7, 11) is 0. The lowest BCUT2D eigenvalue weighted by Gasteiger charge is -2.16. The molecule has 2 aromatic carbocycles. The van der Waals surface area contributed by atoms with Gasteiger partial charge in [0.25, 0.3) is 0 Å². The molecule has 0 radical (unpaired) electrons. The number of halogens is 2. The van der Waals surface area contributed by atoms with Gasteiger partial charge in [-0.15, -0.1) is 0 Å². The maximum atomic E-state index is 13.2. The fraction of sp³-hybridized carbons (Fsp3) is 0.133. The molecule has 1 unspecified atom stereocenters. The van der Waals surface area contributed by atoms with Crippen molar-refractivity contribution in [1.82, 2.24) is 0 Å². The molecule has 19 heavy (non-hydrogen) atoms. The van der Waals surface area contributed by atoms with Gasteiger partial charge in [0.1, 0.15) is 11.9 Å². The summed E-state index contributed by atoms with van der Waals surface area (Å²) >= 11 is 5.94. The van der Waals surface area contributed by atoms with Crippen molar-refractivity contribution in [1.29, 1.82) is 5.26 Å². The van der Waals surface area contributed by atoms with Crippen molar-refractivity contribution in [3.63, 3.8) is 0 Å². The van der Waals surface area contributed by atoms with E-state index in [9.17, 15) is 4.39 Å². The van der Waals surface area contributed by atoms with Crippen molar-refractivity contribution >= 4 is 17.3 Å². The Balaban J connectivity index is 2.20. The van der Waals surface area contributed by atoms with Gasteiger partial charge in [-0.3, -0.25) is 0 Å². The van der Waals surface area contributed by atoms with Gasteiger partial charge in [0.15, 0.2) is 0 Å². The molecule has 0 bridgehead atoms. The summed E-state index contributed by atoms with van der Waals surface area (Å²) in [5, 5.41) is 12.7. The van der Waals surface area contributed by atoms with Crippen molar-refractivity contribution in [3.05, 3.63) is 64.4 Å². The lowest BCUT2D eigenvalue weighted by molar-refractivity contribution is 0.624. The molecule has 0 aromatic heterocycles. The predicted octanol–water partition coefficient (Wildman–Crippen LogP) is 4.52. The molecule has 0 saturated heterocycles. The lowest BCUT2D eigenvalue weighted by atomic mass is 10.1. The quantitative estimate of drug-likeness (QED) is 0.893. The first-order valence-corrected chi connectivity index (χ1v) is 6.19. The van der Waals surface area contributed by atoms with E-state index in [1.54, 1.807) is 6.07 Å². The summed E-state index contributed by atoms with van der Waals surface area (Å²) < 4.78 is 13.2. The number of rotatable bonds is 3. The lowest BCUT2D eigenvalue weighted by Crippen LogP contribution is -2.06.